The molecule has 0 aliphatic rings. The molecule has 0 fully saturated rings. The monoisotopic (exact) mass is 286 g/mol. The second-order valence-electron chi connectivity index (χ2n) is 4.26. The van der Waals surface area contributed by atoms with Gasteiger partial charge in [-0.3, -0.25) is 4.79 Å². The van der Waals surface area contributed by atoms with Gasteiger partial charge in [-0.15, -0.1) is 12.4 Å². The predicted octanol–water partition coefficient (Wildman–Crippen LogP) is 0.333. The van der Waals surface area contributed by atoms with E-state index in [2.05, 4.69) is 5.32 Å². The number of amides is 1. The Morgan fingerprint density at radius 1 is 1.35 bits per heavy atom. The molecule has 0 rings (SSSR count). The lowest BCUT2D eigenvalue weighted by Crippen LogP contribution is -2.43. The molecule has 0 spiro atoms. The number of sulfone groups is 1. The maximum Gasteiger partial charge on any atom is 0.236 e. The maximum atomic E-state index is 11.4. The number of nitrogens with one attached hydrogen (secondary N) is 1. The highest BCUT2D eigenvalue weighted by Gasteiger charge is 2.15. The van der Waals surface area contributed by atoms with Crippen LogP contribution in [0.1, 0.15) is 27.2 Å². The fourth-order valence-corrected chi connectivity index (χ4v) is 1.92. The van der Waals surface area contributed by atoms with Gasteiger partial charge in [-0.2, -0.15) is 0 Å². The Morgan fingerprint density at radius 3 is 2.29 bits per heavy atom. The van der Waals surface area contributed by atoms with Crippen molar-refractivity contribution in [3.8, 4) is 0 Å². The molecule has 1 atom stereocenters. The lowest BCUT2D eigenvalue weighted by atomic mass is 10.0. The molecular formula is C10H23ClN2O3S. The van der Waals surface area contributed by atoms with Crippen molar-refractivity contribution in [1.82, 2.24) is 5.32 Å². The number of carbonyl (C=O) groups excluding carboxylic acids is 1. The molecular weight excluding hydrogens is 264 g/mol. The number of rotatable bonds is 7. The number of halogens is 1. The first-order chi connectivity index (χ1) is 7.28. The summed E-state index contributed by atoms with van der Waals surface area (Å²) in [5.41, 5.74) is 5.64. The minimum absolute atomic E-state index is 0. The van der Waals surface area contributed by atoms with E-state index in [9.17, 15) is 13.2 Å². The van der Waals surface area contributed by atoms with Crippen molar-refractivity contribution in [3.05, 3.63) is 0 Å². The van der Waals surface area contributed by atoms with Crippen LogP contribution in [0, 0.1) is 5.92 Å². The van der Waals surface area contributed by atoms with E-state index < -0.39 is 15.9 Å². The summed E-state index contributed by atoms with van der Waals surface area (Å²) in [7, 11) is -3.02. The molecule has 0 saturated carbocycles. The summed E-state index contributed by atoms with van der Waals surface area (Å²) in [4.78, 5) is 11.4. The van der Waals surface area contributed by atoms with E-state index in [1.807, 2.05) is 13.8 Å². The highest BCUT2D eigenvalue weighted by atomic mass is 35.5. The molecule has 0 aromatic carbocycles. The van der Waals surface area contributed by atoms with Crippen molar-refractivity contribution in [2.75, 3.05) is 18.1 Å². The van der Waals surface area contributed by atoms with Gasteiger partial charge in [-0.05, 0) is 12.3 Å². The molecule has 0 aliphatic heterocycles. The van der Waals surface area contributed by atoms with Crippen LogP contribution in [0.5, 0.6) is 0 Å². The van der Waals surface area contributed by atoms with Gasteiger partial charge in [-0.25, -0.2) is 8.42 Å². The molecule has 0 aliphatic carbocycles. The fourth-order valence-electron chi connectivity index (χ4n) is 1.22. The molecule has 7 heteroatoms. The van der Waals surface area contributed by atoms with E-state index in [1.54, 1.807) is 6.92 Å². The minimum Gasteiger partial charge on any atom is -0.354 e. The van der Waals surface area contributed by atoms with Gasteiger partial charge in [0.1, 0.15) is 0 Å². The third-order valence-corrected chi connectivity index (χ3v) is 3.92. The Bertz CT molecular complexity index is 318. The number of hydrogen-bond donors (Lipinski definition) is 2. The number of nitrogens with two attached hydrogens (primary N) is 1. The van der Waals surface area contributed by atoms with Gasteiger partial charge in [-0.1, -0.05) is 20.8 Å². The third kappa shape index (κ3) is 9.38. The van der Waals surface area contributed by atoms with Gasteiger partial charge < -0.3 is 11.1 Å². The van der Waals surface area contributed by atoms with Crippen LogP contribution in [0.4, 0.5) is 0 Å². The molecule has 1 amide bonds. The smallest absolute Gasteiger partial charge is 0.236 e. The van der Waals surface area contributed by atoms with Crippen LogP contribution < -0.4 is 11.1 Å². The first-order valence-electron chi connectivity index (χ1n) is 5.52. The van der Waals surface area contributed by atoms with Crippen LogP contribution in [-0.2, 0) is 14.6 Å². The van der Waals surface area contributed by atoms with Crippen LogP contribution in [0.15, 0.2) is 0 Å². The Labute approximate surface area is 110 Å². The van der Waals surface area contributed by atoms with Crippen LogP contribution >= 0.6 is 12.4 Å². The quantitative estimate of drug-likeness (QED) is 0.706. The zero-order valence-corrected chi connectivity index (χ0v) is 12.2. The number of carbonyl (C=O) groups is 1. The lowest BCUT2D eigenvalue weighted by Gasteiger charge is -2.13. The zero-order valence-electron chi connectivity index (χ0n) is 10.6. The van der Waals surface area contributed by atoms with E-state index >= 15 is 0 Å². The molecule has 3 N–H and O–H groups in total. The molecule has 5 nitrogen and oxygen atoms in total. The van der Waals surface area contributed by atoms with Gasteiger partial charge >= 0.3 is 0 Å². The van der Waals surface area contributed by atoms with E-state index in [4.69, 9.17) is 5.73 Å². The second-order valence-corrected chi connectivity index (χ2v) is 6.74. The van der Waals surface area contributed by atoms with Crippen LogP contribution in [-0.4, -0.2) is 38.4 Å². The van der Waals surface area contributed by atoms with E-state index in [1.165, 1.54) is 0 Å². The predicted molar refractivity (Wildman–Crippen MR) is 72.0 cm³/mol. The molecule has 0 radical (unpaired) electrons. The van der Waals surface area contributed by atoms with Crippen LogP contribution in [0.25, 0.3) is 0 Å². The van der Waals surface area contributed by atoms with Crippen molar-refractivity contribution in [3.63, 3.8) is 0 Å². The van der Waals surface area contributed by atoms with Gasteiger partial charge in [0.25, 0.3) is 0 Å². The van der Waals surface area contributed by atoms with E-state index in [-0.39, 0.29) is 36.4 Å². The summed E-state index contributed by atoms with van der Waals surface area (Å²) < 4.78 is 22.3. The summed E-state index contributed by atoms with van der Waals surface area (Å²) in [5, 5.41) is 2.54. The second kappa shape index (κ2) is 8.72. The van der Waals surface area contributed by atoms with Gasteiger partial charge in [0.15, 0.2) is 9.84 Å². The molecule has 0 unspecified atom stereocenters. The zero-order chi connectivity index (χ0) is 12.8. The summed E-state index contributed by atoms with van der Waals surface area (Å²) >= 11 is 0. The van der Waals surface area contributed by atoms with Gasteiger partial charge in [0.2, 0.25) is 5.91 Å². The SMILES string of the molecule is CCS(=O)(=O)CCNC(=O)[C@@H](N)CC(C)C.Cl. The van der Waals surface area contributed by atoms with Crippen molar-refractivity contribution in [2.45, 2.75) is 33.2 Å². The standard InChI is InChI=1S/C10H22N2O3S.ClH/c1-4-16(14,15)6-5-12-10(13)9(11)7-8(2)3;/h8-9H,4-7,11H2,1-3H3,(H,12,13);1H/t9-;/m0./s1. The van der Waals surface area contributed by atoms with Gasteiger partial charge in [0.05, 0.1) is 11.8 Å². The average molecular weight is 287 g/mol. The van der Waals surface area contributed by atoms with Gasteiger partial charge in [0, 0.05) is 12.3 Å². The van der Waals surface area contributed by atoms with Crippen molar-refractivity contribution in [1.29, 1.82) is 0 Å². The van der Waals surface area contributed by atoms with Crippen LogP contribution in [0.2, 0.25) is 0 Å². The molecule has 104 valence electrons. The fraction of sp³-hybridized carbons (Fsp3) is 0.900. The topological polar surface area (TPSA) is 89.3 Å². The summed E-state index contributed by atoms with van der Waals surface area (Å²) in [6, 6.07) is -0.552. The normalized spacial score (nSPS) is 13.0. The maximum absolute atomic E-state index is 11.4. The first-order valence-corrected chi connectivity index (χ1v) is 7.34. The molecule has 0 saturated heterocycles. The first kappa shape index (κ1) is 19.0. The highest BCUT2D eigenvalue weighted by Crippen LogP contribution is 2.02. The summed E-state index contributed by atoms with van der Waals surface area (Å²) in [6.07, 6.45) is 0.604. The highest BCUT2D eigenvalue weighted by molar-refractivity contribution is 7.91. The average Bonchev–Trinajstić information content (AvgIpc) is 2.16. The minimum atomic E-state index is -3.02. The summed E-state index contributed by atoms with van der Waals surface area (Å²) in [5.74, 6) is 0.144. The van der Waals surface area contributed by atoms with E-state index in [0.29, 0.717) is 12.3 Å². The van der Waals surface area contributed by atoms with Crippen molar-refractivity contribution < 1.29 is 13.2 Å². The summed E-state index contributed by atoms with van der Waals surface area (Å²) in [6.45, 7) is 5.69. The molecule has 17 heavy (non-hydrogen) atoms. The largest absolute Gasteiger partial charge is 0.354 e. The Kier molecular flexibility index (Phi) is 9.75. The van der Waals surface area contributed by atoms with Crippen molar-refractivity contribution >= 4 is 28.2 Å². The Balaban J connectivity index is 0. The Hall–Kier alpha value is -0.330. The van der Waals surface area contributed by atoms with Crippen molar-refractivity contribution in [2.24, 2.45) is 11.7 Å². The Morgan fingerprint density at radius 2 is 1.88 bits per heavy atom. The number of hydrogen-bond acceptors (Lipinski definition) is 4. The van der Waals surface area contributed by atoms with Crippen LogP contribution in [0.3, 0.4) is 0 Å². The molecule has 0 heterocycles. The third-order valence-electron chi connectivity index (χ3n) is 2.21. The molecule has 0 aromatic heterocycles. The molecule has 0 aromatic rings. The van der Waals surface area contributed by atoms with E-state index in [0.717, 1.165) is 0 Å². The molecule has 0 bridgehead atoms. The lowest BCUT2D eigenvalue weighted by molar-refractivity contribution is -0.122.